The summed E-state index contributed by atoms with van der Waals surface area (Å²) < 4.78 is 1.20. The van der Waals surface area contributed by atoms with Gasteiger partial charge in [-0.25, -0.2) is 0 Å². The highest BCUT2D eigenvalue weighted by molar-refractivity contribution is 9.10. The minimum Gasteiger partial charge on any atom is -0.355 e. The molecule has 1 N–H and O–H groups in total. The molecule has 0 spiro atoms. The van der Waals surface area contributed by atoms with Gasteiger partial charge in [0.2, 0.25) is 5.91 Å². The monoisotopic (exact) mass is 392 g/mol. The standard InChI is InChI=1S/C20H29BrN2O/c1-23-14-16-8-5-9-19(21)18(16)12-17(23)13-22-20(24)11-10-15-6-3-2-4-7-15/h5,8-9,15,17H,2-4,6-7,10-14H2,1H3,(H,22,24). The van der Waals surface area contributed by atoms with Crippen molar-refractivity contribution in [1.82, 2.24) is 10.2 Å². The van der Waals surface area contributed by atoms with Gasteiger partial charge in [-0.05, 0) is 43.0 Å². The highest BCUT2D eigenvalue weighted by Crippen LogP contribution is 2.29. The van der Waals surface area contributed by atoms with Crippen molar-refractivity contribution < 1.29 is 4.79 Å². The number of hydrogen-bond donors (Lipinski definition) is 1. The maximum atomic E-state index is 12.2. The van der Waals surface area contributed by atoms with Crippen LogP contribution in [-0.4, -0.2) is 30.4 Å². The Morgan fingerprint density at radius 2 is 2.08 bits per heavy atom. The molecule has 1 aliphatic heterocycles. The van der Waals surface area contributed by atoms with Crippen LogP contribution in [0.25, 0.3) is 0 Å². The van der Waals surface area contributed by atoms with Gasteiger partial charge < -0.3 is 5.32 Å². The van der Waals surface area contributed by atoms with E-state index in [0.717, 1.165) is 31.8 Å². The van der Waals surface area contributed by atoms with E-state index in [1.54, 1.807) is 0 Å². The van der Waals surface area contributed by atoms with Crippen molar-refractivity contribution in [3.05, 3.63) is 33.8 Å². The highest BCUT2D eigenvalue weighted by atomic mass is 79.9. The first-order chi connectivity index (χ1) is 11.6. The van der Waals surface area contributed by atoms with Crippen LogP contribution in [0.2, 0.25) is 0 Å². The van der Waals surface area contributed by atoms with Crippen LogP contribution >= 0.6 is 15.9 Å². The van der Waals surface area contributed by atoms with Gasteiger partial charge in [0.05, 0.1) is 0 Å². The van der Waals surface area contributed by atoms with Crippen LogP contribution in [0.1, 0.15) is 56.1 Å². The van der Waals surface area contributed by atoms with Crippen LogP contribution in [0.15, 0.2) is 22.7 Å². The summed E-state index contributed by atoms with van der Waals surface area (Å²) in [5, 5.41) is 3.18. The topological polar surface area (TPSA) is 32.3 Å². The van der Waals surface area contributed by atoms with Crippen molar-refractivity contribution in [2.24, 2.45) is 5.92 Å². The van der Waals surface area contributed by atoms with Gasteiger partial charge in [0.1, 0.15) is 0 Å². The van der Waals surface area contributed by atoms with E-state index < -0.39 is 0 Å². The van der Waals surface area contributed by atoms with Crippen LogP contribution in [-0.2, 0) is 17.8 Å². The van der Waals surface area contributed by atoms with Crippen molar-refractivity contribution in [2.45, 2.75) is 64.0 Å². The van der Waals surface area contributed by atoms with E-state index in [4.69, 9.17) is 0 Å². The van der Waals surface area contributed by atoms with Crippen LogP contribution in [0.3, 0.4) is 0 Å². The number of rotatable bonds is 5. The number of fused-ring (bicyclic) bond motifs is 1. The largest absolute Gasteiger partial charge is 0.355 e. The molecule has 1 saturated carbocycles. The molecule has 1 amide bonds. The van der Waals surface area contributed by atoms with Crippen molar-refractivity contribution in [3.8, 4) is 0 Å². The summed E-state index contributed by atoms with van der Waals surface area (Å²) in [6.07, 6.45) is 9.50. The lowest BCUT2D eigenvalue weighted by Crippen LogP contribution is -2.45. The SMILES string of the molecule is CN1Cc2cccc(Br)c2CC1CNC(=O)CCC1CCCCC1. The third kappa shape index (κ3) is 4.60. The number of likely N-dealkylation sites (N-methyl/N-ethyl adjacent to an activating group) is 1. The lowest BCUT2D eigenvalue weighted by molar-refractivity contribution is -0.121. The predicted octanol–water partition coefficient (Wildman–Crippen LogP) is 4.28. The van der Waals surface area contributed by atoms with E-state index in [0.29, 0.717) is 12.5 Å². The van der Waals surface area contributed by atoms with Crippen molar-refractivity contribution in [2.75, 3.05) is 13.6 Å². The Balaban J connectivity index is 1.46. The van der Waals surface area contributed by atoms with E-state index >= 15 is 0 Å². The van der Waals surface area contributed by atoms with Crippen LogP contribution in [0.4, 0.5) is 0 Å². The Morgan fingerprint density at radius 3 is 2.88 bits per heavy atom. The zero-order chi connectivity index (χ0) is 16.9. The molecular formula is C20H29BrN2O. The zero-order valence-electron chi connectivity index (χ0n) is 14.7. The molecule has 1 aliphatic carbocycles. The summed E-state index contributed by atoms with van der Waals surface area (Å²) in [4.78, 5) is 14.6. The molecule has 1 atom stereocenters. The summed E-state index contributed by atoms with van der Waals surface area (Å²) in [5.74, 6) is 1.01. The fraction of sp³-hybridized carbons (Fsp3) is 0.650. The Kier molecular flexibility index (Phi) is 6.34. The highest BCUT2D eigenvalue weighted by Gasteiger charge is 2.25. The first-order valence-corrected chi connectivity index (χ1v) is 10.2. The molecule has 132 valence electrons. The van der Waals surface area contributed by atoms with E-state index in [-0.39, 0.29) is 5.91 Å². The van der Waals surface area contributed by atoms with Crippen LogP contribution < -0.4 is 5.32 Å². The number of nitrogens with one attached hydrogen (secondary N) is 1. The number of nitrogens with zero attached hydrogens (tertiary/aromatic N) is 1. The van der Waals surface area contributed by atoms with Gasteiger partial charge in [-0.3, -0.25) is 9.69 Å². The van der Waals surface area contributed by atoms with Crippen molar-refractivity contribution in [3.63, 3.8) is 0 Å². The molecule has 0 bridgehead atoms. The molecule has 1 heterocycles. The van der Waals surface area contributed by atoms with Gasteiger partial charge >= 0.3 is 0 Å². The summed E-state index contributed by atoms with van der Waals surface area (Å²) in [6.45, 7) is 1.71. The lowest BCUT2D eigenvalue weighted by Gasteiger charge is -2.34. The average molecular weight is 393 g/mol. The summed E-state index contributed by atoms with van der Waals surface area (Å²) in [5.41, 5.74) is 2.80. The molecule has 0 saturated heterocycles. The Bertz CT molecular complexity index is 569. The summed E-state index contributed by atoms with van der Waals surface area (Å²) >= 11 is 3.67. The third-order valence-electron chi connectivity index (χ3n) is 5.74. The minimum absolute atomic E-state index is 0.229. The second-order valence-corrected chi connectivity index (χ2v) is 8.35. The predicted molar refractivity (Wildman–Crippen MR) is 102 cm³/mol. The van der Waals surface area contributed by atoms with E-state index in [1.165, 1.54) is 47.7 Å². The number of hydrogen-bond acceptors (Lipinski definition) is 2. The number of halogens is 1. The van der Waals surface area contributed by atoms with Gasteiger partial charge in [-0.2, -0.15) is 0 Å². The van der Waals surface area contributed by atoms with Gasteiger partial charge in [0.15, 0.2) is 0 Å². The van der Waals surface area contributed by atoms with Gasteiger partial charge in [-0.15, -0.1) is 0 Å². The maximum absolute atomic E-state index is 12.2. The van der Waals surface area contributed by atoms with Gasteiger partial charge in [-0.1, -0.05) is 60.2 Å². The third-order valence-corrected chi connectivity index (χ3v) is 6.48. The first kappa shape index (κ1) is 17.9. The fourth-order valence-electron chi connectivity index (χ4n) is 4.13. The smallest absolute Gasteiger partial charge is 0.220 e. The Morgan fingerprint density at radius 1 is 1.29 bits per heavy atom. The molecule has 3 rings (SSSR count). The molecule has 1 aromatic rings. The Labute approximate surface area is 154 Å². The quantitative estimate of drug-likeness (QED) is 0.810. The summed E-state index contributed by atoms with van der Waals surface area (Å²) in [6, 6.07) is 6.80. The average Bonchev–Trinajstić information content (AvgIpc) is 2.59. The van der Waals surface area contributed by atoms with Gasteiger partial charge in [0, 0.05) is 30.0 Å². The number of carbonyl (C=O) groups excluding carboxylic acids is 1. The van der Waals surface area contributed by atoms with Crippen molar-refractivity contribution in [1.29, 1.82) is 0 Å². The second-order valence-electron chi connectivity index (χ2n) is 7.50. The van der Waals surface area contributed by atoms with Crippen molar-refractivity contribution >= 4 is 21.8 Å². The number of amides is 1. The summed E-state index contributed by atoms with van der Waals surface area (Å²) in [7, 11) is 2.16. The molecule has 1 unspecified atom stereocenters. The van der Waals surface area contributed by atoms with Crippen LogP contribution in [0, 0.1) is 5.92 Å². The maximum Gasteiger partial charge on any atom is 0.220 e. The minimum atomic E-state index is 0.229. The Hall–Kier alpha value is -0.870. The van der Waals surface area contributed by atoms with E-state index in [1.807, 2.05) is 0 Å². The van der Waals surface area contributed by atoms with E-state index in [9.17, 15) is 4.79 Å². The molecular weight excluding hydrogens is 364 g/mol. The molecule has 0 aromatic heterocycles. The molecule has 0 radical (unpaired) electrons. The normalized spacial score (nSPS) is 22.2. The second kappa shape index (κ2) is 8.48. The van der Waals surface area contributed by atoms with Gasteiger partial charge in [0.25, 0.3) is 0 Å². The molecule has 1 fully saturated rings. The number of carbonyl (C=O) groups is 1. The molecule has 3 nitrogen and oxygen atoms in total. The molecule has 24 heavy (non-hydrogen) atoms. The lowest BCUT2D eigenvalue weighted by atomic mass is 9.86. The first-order valence-electron chi connectivity index (χ1n) is 9.36. The fourth-order valence-corrected chi connectivity index (χ4v) is 4.70. The van der Waals surface area contributed by atoms with E-state index in [2.05, 4.69) is 51.4 Å². The molecule has 2 aliphatic rings. The zero-order valence-corrected chi connectivity index (χ0v) is 16.3. The molecule has 4 heteroatoms. The number of benzene rings is 1. The molecule has 1 aromatic carbocycles. The van der Waals surface area contributed by atoms with Crippen LogP contribution in [0.5, 0.6) is 0 Å².